The summed E-state index contributed by atoms with van der Waals surface area (Å²) in [6, 6.07) is 13.2. The number of benzene rings is 1. The minimum atomic E-state index is 0.195. The Morgan fingerprint density at radius 1 is 1.08 bits per heavy atom. The van der Waals surface area contributed by atoms with E-state index in [2.05, 4.69) is 51.6 Å². The number of nitrogens with zero attached hydrogens (tertiary/aromatic N) is 3. The standard InChI is InChI=1S/C20H27N3OS/c1-21(2)17-8-6-16(7-9-17)13-22(3)20(24)15-23(18-10-11-18)14-19-5-4-12-25-19/h4-9,12,18H,10-11,13-15H2,1-3H3. The molecule has 0 spiro atoms. The Labute approximate surface area is 154 Å². The molecular weight excluding hydrogens is 330 g/mol. The highest BCUT2D eigenvalue weighted by molar-refractivity contribution is 7.09. The van der Waals surface area contributed by atoms with Gasteiger partial charge in [-0.25, -0.2) is 0 Å². The molecule has 1 aromatic carbocycles. The minimum Gasteiger partial charge on any atom is -0.378 e. The molecule has 134 valence electrons. The molecule has 5 heteroatoms. The molecule has 1 fully saturated rings. The molecule has 1 saturated carbocycles. The number of amides is 1. The number of hydrogen-bond acceptors (Lipinski definition) is 4. The number of thiophene rings is 1. The fourth-order valence-corrected chi connectivity index (χ4v) is 3.64. The molecule has 0 radical (unpaired) electrons. The summed E-state index contributed by atoms with van der Waals surface area (Å²) in [6.07, 6.45) is 2.43. The summed E-state index contributed by atoms with van der Waals surface area (Å²) < 4.78 is 0. The summed E-state index contributed by atoms with van der Waals surface area (Å²) in [5.41, 5.74) is 2.34. The topological polar surface area (TPSA) is 26.8 Å². The zero-order valence-corrected chi connectivity index (χ0v) is 16.1. The van der Waals surface area contributed by atoms with Gasteiger partial charge in [-0.05, 0) is 42.0 Å². The van der Waals surface area contributed by atoms with Gasteiger partial charge in [-0.15, -0.1) is 11.3 Å². The first-order valence-corrected chi connectivity index (χ1v) is 9.67. The summed E-state index contributed by atoms with van der Waals surface area (Å²) in [5, 5.41) is 2.10. The van der Waals surface area contributed by atoms with Crippen LogP contribution in [0.2, 0.25) is 0 Å². The number of anilines is 1. The first-order chi connectivity index (χ1) is 12.0. The van der Waals surface area contributed by atoms with Gasteiger partial charge in [0.25, 0.3) is 0 Å². The molecule has 3 rings (SSSR count). The van der Waals surface area contributed by atoms with Crippen molar-refractivity contribution >= 4 is 22.9 Å². The molecule has 2 aromatic rings. The summed E-state index contributed by atoms with van der Waals surface area (Å²) in [5.74, 6) is 0.195. The Kier molecular flexibility index (Phi) is 5.76. The molecule has 1 heterocycles. The van der Waals surface area contributed by atoms with Gasteiger partial charge in [-0.1, -0.05) is 18.2 Å². The maximum absolute atomic E-state index is 12.7. The maximum Gasteiger partial charge on any atom is 0.236 e. The van der Waals surface area contributed by atoms with Gasteiger partial charge in [0.15, 0.2) is 0 Å². The number of carbonyl (C=O) groups excluding carboxylic acids is 1. The van der Waals surface area contributed by atoms with Crippen LogP contribution in [0.25, 0.3) is 0 Å². The van der Waals surface area contributed by atoms with Crippen LogP contribution < -0.4 is 4.90 Å². The minimum absolute atomic E-state index is 0.195. The van der Waals surface area contributed by atoms with Crippen molar-refractivity contribution in [2.75, 3.05) is 32.6 Å². The van der Waals surface area contributed by atoms with E-state index in [0.29, 0.717) is 19.1 Å². The van der Waals surface area contributed by atoms with Gasteiger partial charge in [0.05, 0.1) is 6.54 Å². The quantitative estimate of drug-likeness (QED) is 0.724. The third kappa shape index (κ3) is 5.06. The number of hydrogen-bond donors (Lipinski definition) is 0. The molecule has 0 unspecified atom stereocenters. The van der Waals surface area contributed by atoms with Gasteiger partial charge in [0, 0.05) is 50.8 Å². The molecule has 0 bridgehead atoms. The molecule has 0 saturated heterocycles. The fraction of sp³-hybridized carbons (Fsp3) is 0.450. The lowest BCUT2D eigenvalue weighted by Gasteiger charge is -2.25. The van der Waals surface area contributed by atoms with Gasteiger partial charge in [-0.3, -0.25) is 9.69 Å². The first-order valence-electron chi connectivity index (χ1n) is 8.79. The summed E-state index contributed by atoms with van der Waals surface area (Å²) in [7, 11) is 5.97. The van der Waals surface area contributed by atoms with Crippen LogP contribution in [0.5, 0.6) is 0 Å². The molecule has 1 aliphatic carbocycles. The van der Waals surface area contributed by atoms with E-state index >= 15 is 0 Å². The smallest absolute Gasteiger partial charge is 0.236 e. The Hall–Kier alpha value is -1.85. The average Bonchev–Trinajstić information content (AvgIpc) is 3.32. The van der Waals surface area contributed by atoms with Crippen molar-refractivity contribution < 1.29 is 4.79 Å². The molecule has 4 nitrogen and oxygen atoms in total. The summed E-state index contributed by atoms with van der Waals surface area (Å²) >= 11 is 1.77. The van der Waals surface area contributed by atoms with Gasteiger partial charge < -0.3 is 9.80 Å². The number of likely N-dealkylation sites (N-methyl/N-ethyl adjacent to an activating group) is 1. The lowest BCUT2D eigenvalue weighted by atomic mass is 10.2. The van der Waals surface area contributed by atoms with Crippen molar-refractivity contribution in [2.24, 2.45) is 0 Å². The second-order valence-corrected chi connectivity index (χ2v) is 8.06. The third-order valence-corrected chi connectivity index (χ3v) is 5.50. The van der Waals surface area contributed by atoms with Gasteiger partial charge in [0.2, 0.25) is 5.91 Å². The van der Waals surface area contributed by atoms with Crippen molar-refractivity contribution in [2.45, 2.75) is 32.0 Å². The molecule has 0 atom stereocenters. The number of rotatable bonds is 8. The number of carbonyl (C=O) groups is 1. The average molecular weight is 358 g/mol. The lowest BCUT2D eigenvalue weighted by molar-refractivity contribution is -0.131. The molecule has 0 N–H and O–H groups in total. The van der Waals surface area contributed by atoms with Crippen LogP contribution in [0.4, 0.5) is 5.69 Å². The summed E-state index contributed by atoms with van der Waals surface area (Å²) in [4.78, 5) is 20.3. The predicted octanol–water partition coefficient (Wildman–Crippen LogP) is 3.44. The van der Waals surface area contributed by atoms with E-state index < -0.39 is 0 Å². The Morgan fingerprint density at radius 2 is 1.80 bits per heavy atom. The van der Waals surface area contributed by atoms with Crippen molar-refractivity contribution in [3.63, 3.8) is 0 Å². The Bertz CT molecular complexity index is 677. The summed E-state index contributed by atoms with van der Waals surface area (Å²) in [6.45, 7) is 2.05. The van der Waals surface area contributed by atoms with Gasteiger partial charge >= 0.3 is 0 Å². The highest BCUT2D eigenvalue weighted by Crippen LogP contribution is 2.29. The first kappa shape index (κ1) is 18.0. The zero-order valence-electron chi connectivity index (χ0n) is 15.3. The van der Waals surface area contributed by atoms with E-state index in [1.807, 2.05) is 26.0 Å². The van der Waals surface area contributed by atoms with Crippen LogP contribution in [0.1, 0.15) is 23.3 Å². The van der Waals surface area contributed by atoms with Crippen molar-refractivity contribution in [3.05, 3.63) is 52.2 Å². The SMILES string of the molecule is CN(Cc1ccc(N(C)C)cc1)C(=O)CN(Cc1cccs1)C1CC1. The monoisotopic (exact) mass is 357 g/mol. The Balaban J connectivity index is 1.55. The van der Waals surface area contributed by atoms with Gasteiger partial charge in [0.1, 0.15) is 0 Å². The predicted molar refractivity (Wildman–Crippen MR) is 105 cm³/mol. The fourth-order valence-electron chi connectivity index (χ4n) is 2.91. The highest BCUT2D eigenvalue weighted by Gasteiger charge is 2.31. The van der Waals surface area contributed by atoms with E-state index in [-0.39, 0.29) is 5.91 Å². The largest absolute Gasteiger partial charge is 0.378 e. The van der Waals surface area contributed by atoms with Crippen molar-refractivity contribution in [3.8, 4) is 0 Å². The van der Waals surface area contributed by atoms with Crippen molar-refractivity contribution in [1.82, 2.24) is 9.80 Å². The van der Waals surface area contributed by atoms with Crippen LogP contribution in [-0.2, 0) is 17.9 Å². The van der Waals surface area contributed by atoms with Crippen LogP contribution >= 0.6 is 11.3 Å². The van der Waals surface area contributed by atoms with E-state index in [1.54, 1.807) is 11.3 Å². The van der Waals surface area contributed by atoms with E-state index in [9.17, 15) is 4.79 Å². The molecule has 1 aromatic heterocycles. The van der Waals surface area contributed by atoms with E-state index in [0.717, 1.165) is 12.1 Å². The highest BCUT2D eigenvalue weighted by atomic mass is 32.1. The molecule has 0 aliphatic heterocycles. The van der Waals surface area contributed by atoms with Crippen LogP contribution in [0.15, 0.2) is 41.8 Å². The van der Waals surface area contributed by atoms with Crippen LogP contribution in [0.3, 0.4) is 0 Å². The maximum atomic E-state index is 12.7. The van der Waals surface area contributed by atoms with E-state index in [4.69, 9.17) is 0 Å². The molecule has 25 heavy (non-hydrogen) atoms. The van der Waals surface area contributed by atoms with E-state index in [1.165, 1.54) is 23.4 Å². The van der Waals surface area contributed by atoms with Crippen molar-refractivity contribution in [1.29, 1.82) is 0 Å². The van der Waals surface area contributed by atoms with Crippen LogP contribution in [-0.4, -0.2) is 49.4 Å². The van der Waals surface area contributed by atoms with Gasteiger partial charge in [-0.2, -0.15) is 0 Å². The van der Waals surface area contributed by atoms with Crippen LogP contribution in [0, 0.1) is 0 Å². The second kappa shape index (κ2) is 8.02. The normalized spacial score (nSPS) is 13.9. The Morgan fingerprint density at radius 3 is 2.36 bits per heavy atom. The molecule has 1 aliphatic rings. The third-order valence-electron chi connectivity index (χ3n) is 4.64. The lowest BCUT2D eigenvalue weighted by Crippen LogP contribution is -2.38. The zero-order chi connectivity index (χ0) is 17.8. The second-order valence-electron chi connectivity index (χ2n) is 7.03. The molecular formula is C20H27N3OS. The molecule has 1 amide bonds.